The van der Waals surface area contributed by atoms with Crippen LogP contribution in [0.25, 0.3) is 0 Å². The smallest absolute Gasteiger partial charge is 0.239 e. The summed E-state index contributed by atoms with van der Waals surface area (Å²) in [5.41, 5.74) is 0. The van der Waals surface area contributed by atoms with E-state index < -0.39 is 0 Å². The molecule has 1 atom stereocenters. The van der Waals surface area contributed by atoms with Crippen molar-refractivity contribution < 1.29 is 9.53 Å². The number of morpholine rings is 1. The summed E-state index contributed by atoms with van der Waals surface area (Å²) < 4.78 is 5.23. The van der Waals surface area contributed by atoms with Gasteiger partial charge in [-0.2, -0.15) is 0 Å². The molecule has 1 rings (SSSR count). The summed E-state index contributed by atoms with van der Waals surface area (Å²) >= 11 is 0. The Morgan fingerprint density at radius 1 is 1.75 bits per heavy atom. The SMILES string of the molecule is CCN1CCOCC1C(=O)NC. The fourth-order valence-corrected chi connectivity index (χ4v) is 1.42. The van der Waals surface area contributed by atoms with Gasteiger partial charge in [0, 0.05) is 13.6 Å². The maximum absolute atomic E-state index is 11.3. The third-order valence-electron chi connectivity index (χ3n) is 2.19. The molecule has 12 heavy (non-hydrogen) atoms. The number of ether oxygens (including phenoxy) is 1. The lowest BCUT2D eigenvalue weighted by atomic mass is 10.2. The van der Waals surface area contributed by atoms with Gasteiger partial charge in [0.25, 0.3) is 0 Å². The van der Waals surface area contributed by atoms with E-state index in [0.717, 1.165) is 19.7 Å². The number of likely N-dealkylation sites (N-methyl/N-ethyl adjacent to an activating group) is 2. The minimum absolute atomic E-state index is 0.0524. The van der Waals surface area contributed by atoms with Gasteiger partial charge in [0.05, 0.1) is 13.2 Å². The predicted molar refractivity (Wildman–Crippen MR) is 45.9 cm³/mol. The van der Waals surface area contributed by atoms with Crippen molar-refractivity contribution in [3.8, 4) is 0 Å². The van der Waals surface area contributed by atoms with E-state index in [1.54, 1.807) is 7.05 Å². The summed E-state index contributed by atoms with van der Waals surface area (Å²) in [6, 6.07) is -0.0891. The molecule has 1 amide bonds. The van der Waals surface area contributed by atoms with E-state index in [1.165, 1.54) is 0 Å². The van der Waals surface area contributed by atoms with E-state index in [1.807, 2.05) is 0 Å². The molecule has 0 aliphatic carbocycles. The highest BCUT2D eigenvalue weighted by Gasteiger charge is 2.26. The summed E-state index contributed by atoms with van der Waals surface area (Å²) in [7, 11) is 1.66. The molecule has 1 aliphatic heterocycles. The van der Waals surface area contributed by atoms with Crippen LogP contribution >= 0.6 is 0 Å². The van der Waals surface area contributed by atoms with Crippen molar-refractivity contribution in [1.82, 2.24) is 10.2 Å². The molecule has 1 heterocycles. The van der Waals surface area contributed by atoms with Crippen LogP contribution in [0.5, 0.6) is 0 Å². The van der Waals surface area contributed by atoms with Gasteiger partial charge in [-0.3, -0.25) is 9.69 Å². The Balaban J connectivity index is 2.52. The molecule has 0 spiro atoms. The first-order chi connectivity index (χ1) is 5.79. The second-order valence-corrected chi connectivity index (χ2v) is 2.83. The van der Waals surface area contributed by atoms with Crippen LogP contribution in [0.15, 0.2) is 0 Å². The normalized spacial score (nSPS) is 25.3. The summed E-state index contributed by atoms with van der Waals surface area (Å²) in [5, 5.41) is 2.64. The third-order valence-corrected chi connectivity index (χ3v) is 2.19. The van der Waals surface area contributed by atoms with E-state index in [4.69, 9.17) is 4.74 Å². The van der Waals surface area contributed by atoms with Crippen LogP contribution in [-0.2, 0) is 9.53 Å². The quantitative estimate of drug-likeness (QED) is 0.608. The van der Waals surface area contributed by atoms with Crippen LogP contribution < -0.4 is 5.32 Å². The van der Waals surface area contributed by atoms with Gasteiger partial charge in [-0.1, -0.05) is 6.92 Å². The Hall–Kier alpha value is -0.610. The van der Waals surface area contributed by atoms with Crippen LogP contribution in [0.3, 0.4) is 0 Å². The molecule has 0 bridgehead atoms. The zero-order valence-corrected chi connectivity index (χ0v) is 7.67. The number of rotatable bonds is 2. The van der Waals surface area contributed by atoms with Crippen molar-refractivity contribution >= 4 is 5.91 Å². The van der Waals surface area contributed by atoms with Crippen molar-refractivity contribution in [2.24, 2.45) is 0 Å². The highest BCUT2D eigenvalue weighted by molar-refractivity contribution is 5.81. The lowest BCUT2D eigenvalue weighted by Gasteiger charge is -2.33. The van der Waals surface area contributed by atoms with Crippen LogP contribution in [-0.4, -0.2) is 50.2 Å². The summed E-state index contributed by atoms with van der Waals surface area (Å²) in [5.74, 6) is 0.0524. The van der Waals surface area contributed by atoms with Gasteiger partial charge in [-0.15, -0.1) is 0 Å². The Morgan fingerprint density at radius 2 is 2.50 bits per heavy atom. The Bertz CT molecular complexity index is 161. The van der Waals surface area contributed by atoms with Crippen molar-refractivity contribution in [1.29, 1.82) is 0 Å². The Kier molecular flexibility index (Phi) is 3.49. The van der Waals surface area contributed by atoms with Gasteiger partial charge in [-0.25, -0.2) is 0 Å². The summed E-state index contributed by atoms with van der Waals surface area (Å²) in [6.07, 6.45) is 0. The van der Waals surface area contributed by atoms with E-state index in [0.29, 0.717) is 6.61 Å². The van der Waals surface area contributed by atoms with Gasteiger partial charge >= 0.3 is 0 Å². The van der Waals surface area contributed by atoms with Crippen LogP contribution in [0.4, 0.5) is 0 Å². The molecular formula is C8H16N2O2. The maximum atomic E-state index is 11.3. The van der Waals surface area contributed by atoms with Gasteiger partial charge in [-0.05, 0) is 6.54 Å². The van der Waals surface area contributed by atoms with Crippen molar-refractivity contribution in [3.63, 3.8) is 0 Å². The highest BCUT2D eigenvalue weighted by Crippen LogP contribution is 2.05. The average molecular weight is 172 g/mol. The molecule has 0 radical (unpaired) electrons. The van der Waals surface area contributed by atoms with Crippen molar-refractivity contribution in [2.45, 2.75) is 13.0 Å². The molecule has 4 heteroatoms. The monoisotopic (exact) mass is 172 g/mol. The molecule has 70 valence electrons. The lowest BCUT2D eigenvalue weighted by Crippen LogP contribution is -2.52. The van der Waals surface area contributed by atoms with E-state index in [9.17, 15) is 4.79 Å². The van der Waals surface area contributed by atoms with Crippen LogP contribution in [0.1, 0.15) is 6.92 Å². The molecule has 1 saturated heterocycles. The Morgan fingerprint density at radius 3 is 3.08 bits per heavy atom. The molecule has 4 nitrogen and oxygen atoms in total. The second-order valence-electron chi connectivity index (χ2n) is 2.83. The number of amides is 1. The number of hydrogen-bond donors (Lipinski definition) is 1. The molecule has 0 aromatic rings. The second kappa shape index (κ2) is 4.42. The average Bonchev–Trinajstić information content (AvgIpc) is 2.16. The molecule has 0 aromatic heterocycles. The molecule has 1 unspecified atom stereocenters. The maximum Gasteiger partial charge on any atom is 0.239 e. The largest absolute Gasteiger partial charge is 0.378 e. The highest BCUT2D eigenvalue weighted by atomic mass is 16.5. The van der Waals surface area contributed by atoms with Crippen LogP contribution in [0.2, 0.25) is 0 Å². The van der Waals surface area contributed by atoms with Gasteiger partial charge in [0.2, 0.25) is 5.91 Å². The zero-order valence-electron chi connectivity index (χ0n) is 7.67. The fourth-order valence-electron chi connectivity index (χ4n) is 1.42. The van der Waals surface area contributed by atoms with Crippen molar-refractivity contribution in [2.75, 3.05) is 33.4 Å². The molecule has 1 N–H and O–H groups in total. The standard InChI is InChI=1S/C8H16N2O2/c1-3-10-4-5-12-6-7(10)8(11)9-2/h7H,3-6H2,1-2H3,(H,9,11). The lowest BCUT2D eigenvalue weighted by molar-refractivity contribution is -0.131. The zero-order chi connectivity index (χ0) is 8.97. The first kappa shape index (κ1) is 9.48. The van der Waals surface area contributed by atoms with Crippen LogP contribution in [0, 0.1) is 0 Å². The topological polar surface area (TPSA) is 41.6 Å². The summed E-state index contributed by atoms with van der Waals surface area (Å²) in [6.45, 7) is 5.08. The molecule has 0 saturated carbocycles. The Labute approximate surface area is 72.9 Å². The van der Waals surface area contributed by atoms with Crippen molar-refractivity contribution in [3.05, 3.63) is 0 Å². The molecule has 1 fully saturated rings. The van der Waals surface area contributed by atoms with Gasteiger partial charge < -0.3 is 10.1 Å². The molecule has 0 aromatic carbocycles. The number of nitrogens with zero attached hydrogens (tertiary/aromatic N) is 1. The first-order valence-corrected chi connectivity index (χ1v) is 4.33. The predicted octanol–water partition coefficient (Wildman–Crippen LogP) is -0.547. The number of carbonyl (C=O) groups is 1. The van der Waals surface area contributed by atoms with Gasteiger partial charge in [0.1, 0.15) is 6.04 Å². The number of nitrogens with one attached hydrogen (secondary N) is 1. The minimum atomic E-state index is -0.0891. The van der Waals surface area contributed by atoms with Gasteiger partial charge in [0.15, 0.2) is 0 Å². The molecule has 1 aliphatic rings. The van der Waals surface area contributed by atoms with E-state index in [2.05, 4.69) is 17.1 Å². The molecular weight excluding hydrogens is 156 g/mol. The van der Waals surface area contributed by atoms with E-state index in [-0.39, 0.29) is 11.9 Å². The number of hydrogen-bond acceptors (Lipinski definition) is 3. The number of carbonyl (C=O) groups excluding carboxylic acids is 1. The first-order valence-electron chi connectivity index (χ1n) is 4.33. The summed E-state index contributed by atoms with van der Waals surface area (Å²) in [4.78, 5) is 13.4. The van der Waals surface area contributed by atoms with E-state index >= 15 is 0 Å². The minimum Gasteiger partial charge on any atom is -0.378 e. The third kappa shape index (κ3) is 1.95. The fraction of sp³-hybridized carbons (Fsp3) is 0.875.